The topological polar surface area (TPSA) is 57.4 Å². The zero-order valence-corrected chi connectivity index (χ0v) is 11.9. The van der Waals surface area contributed by atoms with Crippen LogP contribution < -0.4 is 15.2 Å². The lowest BCUT2D eigenvalue weighted by molar-refractivity contribution is -0.275. The maximum absolute atomic E-state index is 12.5. The molecule has 2 heterocycles. The molecular weight excluding hydrogens is 316 g/mol. The van der Waals surface area contributed by atoms with Gasteiger partial charge in [-0.3, -0.25) is 4.98 Å². The number of fused-ring (bicyclic) bond motifs is 1. The molecule has 1 aliphatic rings. The van der Waals surface area contributed by atoms with Crippen LogP contribution in [0.4, 0.5) is 17.6 Å². The zero-order chi connectivity index (χ0) is 16.9. The minimum atomic E-state index is -4.85. The van der Waals surface area contributed by atoms with E-state index in [4.69, 9.17) is 10.5 Å². The molecule has 2 aromatic rings. The van der Waals surface area contributed by atoms with Crippen LogP contribution in [0.5, 0.6) is 11.5 Å². The molecule has 1 unspecified atom stereocenters. The monoisotopic (exact) mass is 330 g/mol. The van der Waals surface area contributed by atoms with Crippen LogP contribution in [-0.2, 0) is 0 Å². The summed E-state index contributed by atoms with van der Waals surface area (Å²) in [6, 6.07) is 8.14. The molecule has 0 fully saturated rings. The molecule has 124 valence electrons. The number of hydrogen-bond acceptors (Lipinski definition) is 4. The molecule has 2 N–H and O–H groups in total. The van der Waals surface area contributed by atoms with Gasteiger partial charge in [-0.05, 0) is 24.3 Å². The van der Waals surface area contributed by atoms with E-state index in [9.17, 15) is 17.6 Å². The first-order valence-electron chi connectivity index (χ1n) is 6.70. The van der Waals surface area contributed by atoms with E-state index in [0.29, 0.717) is 6.61 Å². The molecule has 0 bridgehead atoms. The number of rotatable bonds is 1. The summed E-state index contributed by atoms with van der Waals surface area (Å²) in [4.78, 5) is 4.15. The first-order valence-corrected chi connectivity index (χ1v) is 6.70. The van der Waals surface area contributed by atoms with Gasteiger partial charge in [0, 0.05) is 12.6 Å². The maximum Gasteiger partial charge on any atom is 0.573 e. The molecule has 0 spiro atoms. The number of alkyl halides is 3. The van der Waals surface area contributed by atoms with Crippen LogP contribution in [0.2, 0.25) is 0 Å². The van der Waals surface area contributed by atoms with Gasteiger partial charge in [-0.15, -0.1) is 13.2 Å². The highest BCUT2D eigenvalue weighted by Crippen LogP contribution is 2.27. The third-order valence-electron chi connectivity index (χ3n) is 2.90. The van der Waals surface area contributed by atoms with Crippen molar-refractivity contribution in [3.05, 3.63) is 54.1 Å². The van der Waals surface area contributed by atoms with Crippen molar-refractivity contribution >= 4 is 0 Å². The Morgan fingerprint density at radius 1 is 1.17 bits per heavy atom. The van der Waals surface area contributed by atoms with Crippen LogP contribution in [0.3, 0.4) is 0 Å². The molecule has 23 heavy (non-hydrogen) atoms. The second-order valence-corrected chi connectivity index (χ2v) is 4.61. The van der Waals surface area contributed by atoms with Gasteiger partial charge in [-0.1, -0.05) is 12.1 Å². The van der Waals surface area contributed by atoms with Gasteiger partial charge >= 0.3 is 6.36 Å². The molecular formula is C15H14F4N2O2. The van der Waals surface area contributed by atoms with Gasteiger partial charge in [0.25, 0.3) is 0 Å². The molecule has 0 saturated carbocycles. The molecule has 0 saturated heterocycles. The Morgan fingerprint density at radius 3 is 2.57 bits per heavy atom. The van der Waals surface area contributed by atoms with Crippen LogP contribution >= 0.6 is 0 Å². The Balaban J connectivity index is 0.000000167. The van der Waals surface area contributed by atoms with Crippen molar-refractivity contribution in [1.82, 2.24) is 4.98 Å². The Kier molecular flexibility index (Phi) is 5.38. The van der Waals surface area contributed by atoms with Crippen molar-refractivity contribution in [1.29, 1.82) is 0 Å². The van der Waals surface area contributed by atoms with Gasteiger partial charge in [0.05, 0.1) is 18.3 Å². The van der Waals surface area contributed by atoms with Gasteiger partial charge < -0.3 is 15.2 Å². The standard InChI is InChI=1S/C8H10N2O.C7H4F4O/c9-6-3-5-11-7-2-1-4-10-8(6)7;8-5-3-1-2-4-6(5)12-7(9,10)11/h1-2,4,6H,3,5,9H2;1-4H. The molecule has 1 aliphatic heterocycles. The number of ether oxygens (including phenoxy) is 2. The number of hydrogen-bond donors (Lipinski definition) is 1. The Hall–Kier alpha value is -2.35. The summed E-state index contributed by atoms with van der Waals surface area (Å²) in [5.41, 5.74) is 6.69. The molecule has 0 aliphatic carbocycles. The first-order chi connectivity index (χ1) is 10.9. The minimum absolute atomic E-state index is 0.0555. The Bertz CT molecular complexity index is 649. The molecule has 1 aromatic carbocycles. The van der Waals surface area contributed by atoms with Gasteiger partial charge in [0.15, 0.2) is 11.6 Å². The summed E-state index contributed by atoms with van der Waals surface area (Å²) in [6.07, 6.45) is -2.24. The lowest BCUT2D eigenvalue weighted by Crippen LogP contribution is -2.21. The molecule has 4 nitrogen and oxygen atoms in total. The SMILES string of the molecule is Fc1ccccc1OC(F)(F)F.NC1CCOc2cccnc21. The number of pyridine rings is 1. The second kappa shape index (κ2) is 7.28. The Morgan fingerprint density at radius 2 is 1.91 bits per heavy atom. The lowest BCUT2D eigenvalue weighted by atomic mass is 10.1. The normalized spacial score (nSPS) is 16.5. The molecule has 1 atom stereocenters. The van der Waals surface area contributed by atoms with E-state index in [1.165, 1.54) is 12.1 Å². The van der Waals surface area contributed by atoms with Crippen molar-refractivity contribution in [3.63, 3.8) is 0 Å². The number of benzene rings is 1. The fourth-order valence-electron chi connectivity index (χ4n) is 1.89. The van der Waals surface area contributed by atoms with Crippen LogP contribution in [0.15, 0.2) is 42.6 Å². The molecule has 1 aromatic heterocycles. The smallest absolute Gasteiger partial charge is 0.492 e. The van der Waals surface area contributed by atoms with E-state index < -0.39 is 17.9 Å². The molecule has 8 heteroatoms. The van der Waals surface area contributed by atoms with Gasteiger partial charge in [0.2, 0.25) is 0 Å². The first kappa shape index (κ1) is 17.0. The lowest BCUT2D eigenvalue weighted by Gasteiger charge is -2.20. The highest BCUT2D eigenvalue weighted by Gasteiger charge is 2.32. The summed E-state index contributed by atoms with van der Waals surface area (Å²) in [5, 5.41) is 0. The van der Waals surface area contributed by atoms with E-state index in [2.05, 4.69) is 9.72 Å². The van der Waals surface area contributed by atoms with E-state index >= 15 is 0 Å². The average Bonchev–Trinajstić information content (AvgIpc) is 2.50. The Labute approximate surface area is 129 Å². The minimum Gasteiger partial charge on any atom is -0.492 e. The van der Waals surface area contributed by atoms with Crippen LogP contribution in [0, 0.1) is 5.82 Å². The van der Waals surface area contributed by atoms with Crippen LogP contribution in [0.25, 0.3) is 0 Å². The summed E-state index contributed by atoms with van der Waals surface area (Å²) in [6.45, 7) is 0.708. The highest BCUT2D eigenvalue weighted by molar-refractivity contribution is 5.30. The third kappa shape index (κ3) is 5.10. The van der Waals surface area contributed by atoms with Crippen molar-refractivity contribution in [2.75, 3.05) is 6.61 Å². The van der Waals surface area contributed by atoms with Crippen LogP contribution in [0.1, 0.15) is 18.2 Å². The summed E-state index contributed by atoms with van der Waals surface area (Å²) in [5.74, 6) is -1.01. The molecule has 3 rings (SSSR count). The predicted molar refractivity (Wildman–Crippen MR) is 74.4 cm³/mol. The number of nitrogens with zero attached hydrogens (tertiary/aromatic N) is 1. The van der Waals surface area contributed by atoms with Gasteiger partial charge in [0.1, 0.15) is 5.75 Å². The van der Waals surface area contributed by atoms with Gasteiger partial charge in [-0.25, -0.2) is 4.39 Å². The zero-order valence-electron chi connectivity index (χ0n) is 11.9. The maximum atomic E-state index is 12.5. The summed E-state index contributed by atoms with van der Waals surface area (Å²) < 4.78 is 55.8. The van der Waals surface area contributed by atoms with Crippen molar-refractivity contribution in [2.45, 2.75) is 18.8 Å². The largest absolute Gasteiger partial charge is 0.573 e. The number of aromatic nitrogens is 1. The van der Waals surface area contributed by atoms with Gasteiger partial charge in [-0.2, -0.15) is 0 Å². The number of nitrogens with two attached hydrogens (primary N) is 1. The summed E-state index contributed by atoms with van der Waals surface area (Å²) >= 11 is 0. The van der Waals surface area contributed by atoms with Crippen molar-refractivity contribution < 1.29 is 27.0 Å². The van der Waals surface area contributed by atoms with Crippen molar-refractivity contribution in [3.8, 4) is 11.5 Å². The quantitative estimate of drug-likeness (QED) is 0.812. The second-order valence-electron chi connectivity index (χ2n) is 4.61. The van der Waals surface area contributed by atoms with E-state index in [0.717, 1.165) is 30.0 Å². The number of para-hydroxylation sites is 1. The van der Waals surface area contributed by atoms with Crippen molar-refractivity contribution in [2.24, 2.45) is 5.73 Å². The van der Waals surface area contributed by atoms with E-state index in [1.807, 2.05) is 12.1 Å². The fraction of sp³-hybridized carbons (Fsp3) is 0.267. The number of halogens is 4. The third-order valence-corrected chi connectivity index (χ3v) is 2.90. The van der Waals surface area contributed by atoms with E-state index in [1.54, 1.807) is 6.20 Å². The summed E-state index contributed by atoms with van der Waals surface area (Å²) in [7, 11) is 0. The average molecular weight is 330 g/mol. The van der Waals surface area contributed by atoms with Crippen LogP contribution in [-0.4, -0.2) is 18.0 Å². The van der Waals surface area contributed by atoms with E-state index in [-0.39, 0.29) is 6.04 Å². The highest BCUT2D eigenvalue weighted by atomic mass is 19.4. The predicted octanol–water partition coefficient (Wildman–Crippen LogP) is 3.59. The fourth-order valence-corrected chi connectivity index (χ4v) is 1.89. The molecule has 0 amide bonds. The molecule has 0 radical (unpaired) electrons.